The van der Waals surface area contributed by atoms with Crippen molar-refractivity contribution in [3.05, 3.63) is 35.7 Å². The van der Waals surface area contributed by atoms with E-state index in [1.54, 1.807) is 12.1 Å². The molecular formula is C10H7NO2S2. The zero-order valence-electron chi connectivity index (χ0n) is 7.64. The number of hydrogen-bond donors (Lipinski definition) is 1. The molecule has 1 fully saturated rings. The van der Waals surface area contributed by atoms with Crippen LogP contribution in [0.4, 0.5) is 5.69 Å². The number of hydrogen-bond acceptors (Lipinski definition) is 4. The topological polar surface area (TPSA) is 40.5 Å². The van der Waals surface area contributed by atoms with Crippen LogP contribution in [0.3, 0.4) is 0 Å². The van der Waals surface area contributed by atoms with E-state index in [-0.39, 0.29) is 11.7 Å². The van der Waals surface area contributed by atoms with Crippen molar-refractivity contribution >= 4 is 39.9 Å². The molecule has 3 nitrogen and oxygen atoms in total. The maximum absolute atomic E-state index is 11.7. The first kappa shape index (κ1) is 10.2. The molecule has 76 valence electrons. The monoisotopic (exact) mass is 237 g/mol. The third kappa shape index (κ3) is 1.75. The van der Waals surface area contributed by atoms with Crippen molar-refractivity contribution in [1.82, 2.24) is 0 Å². The third-order valence-electron chi connectivity index (χ3n) is 1.94. The lowest BCUT2D eigenvalue weighted by molar-refractivity contribution is -0.113. The van der Waals surface area contributed by atoms with Gasteiger partial charge in [-0.25, -0.2) is 0 Å². The maximum Gasteiger partial charge on any atom is 0.270 e. The van der Waals surface area contributed by atoms with E-state index in [0.717, 1.165) is 0 Å². The van der Waals surface area contributed by atoms with Gasteiger partial charge in [0.1, 0.15) is 5.75 Å². The second-order valence-corrected chi connectivity index (χ2v) is 4.68. The van der Waals surface area contributed by atoms with Gasteiger partial charge in [0.05, 0.1) is 10.6 Å². The van der Waals surface area contributed by atoms with Gasteiger partial charge >= 0.3 is 0 Å². The molecule has 1 aliphatic rings. The van der Waals surface area contributed by atoms with Gasteiger partial charge in [-0.05, 0) is 24.3 Å². The van der Waals surface area contributed by atoms with E-state index in [9.17, 15) is 4.79 Å². The van der Waals surface area contributed by atoms with Crippen molar-refractivity contribution < 1.29 is 9.90 Å². The van der Waals surface area contributed by atoms with Crippen molar-refractivity contribution in [3.8, 4) is 5.75 Å². The lowest BCUT2D eigenvalue weighted by atomic mass is 10.3. The fourth-order valence-electron chi connectivity index (χ4n) is 1.23. The van der Waals surface area contributed by atoms with E-state index in [0.29, 0.717) is 14.9 Å². The zero-order chi connectivity index (χ0) is 11.0. The molecule has 1 N–H and O–H groups in total. The molecule has 5 heteroatoms. The molecule has 1 saturated heterocycles. The molecule has 0 bridgehead atoms. The van der Waals surface area contributed by atoms with Crippen LogP contribution in [0.1, 0.15) is 0 Å². The van der Waals surface area contributed by atoms with Gasteiger partial charge in [-0.1, -0.05) is 30.6 Å². The summed E-state index contributed by atoms with van der Waals surface area (Å²) in [4.78, 5) is 13.5. The number of phenolic OH excluding ortho intramolecular Hbond substituents is 1. The molecule has 1 aromatic carbocycles. The molecule has 0 unspecified atom stereocenters. The van der Waals surface area contributed by atoms with Gasteiger partial charge in [0.15, 0.2) is 4.32 Å². The molecule has 0 atom stereocenters. The van der Waals surface area contributed by atoms with Crippen LogP contribution >= 0.6 is 24.0 Å². The number of anilines is 1. The molecular weight excluding hydrogens is 230 g/mol. The molecule has 1 heterocycles. The maximum atomic E-state index is 11.7. The van der Waals surface area contributed by atoms with Crippen molar-refractivity contribution in [1.29, 1.82) is 0 Å². The largest absolute Gasteiger partial charge is 0.508 e. The minimum absolute atomic E-state index is 0.155. The first-order valence-electron chi connectivity index (χ1n) is 4.14. The van der Waals surface area contributed by atoms with E-state index >= 15 is 0 Å². The van der Waals surface area contributed by atoms with E-state index in [4.69, 9.17) is 17.3 Å². The molecule has 0 spiro atoms. The molecule has 0 aromatic heterocycles. The van der Waals surface area contributed by atoms with Gasteiger partial charge in [0.2, 0.25) is 0 Å². The first-order chi connectivity index (χ1) is 7.09. The van der Waals surface area contributed by atoms with E-state index in [2.05, 4.69) is 6.58 Å². The number of rotatable bonds is 1. The molecule has 1 aromatic rings. The minimum atomic E-state index is -0.198. The summed E-state index contributed by atoms with van der Waals surface area (Å²) in [6.07, 6.45) is 0. The summed E-state index contributed by atoms with van der Waals surface area (Å²) in [7, 11) is 0. The van der Waals surface area contributed by atoms with E-state index in [1.807, 2.05) is 0 Å². The van der Waals surface area contributed by atoms with E-state index in [1.165, 1.54) is 28.8 Å². The Morgan fingerprint density at radius 3 is 2.40 bits per heavy atom. The quantitative estimate of drug-likeness (QED) is 0.601. The van der Waals surface area contributed by atoms with Crippen LogP contribution in [0.15, 0.2) is 35.7 Å². The average Bonchev–Trinajstić information content (AvgIpc) is 2.44. The van der Waals surface area contributed by atoms with E-state index < -0.39 is 0 Å². The summed E-state index contributed by atoms with van der Waals surface area (Å²) in [5.74, 6) is -0.0431. The van der Waals surface area contributed by atoms with Gasteiger partial charge in [-0.2, -0.15) is 0 Å². The Labute approximate surface area is 96.4 Å². The standard InChI is InChI=1S/C10H7NO2S2/c1-6-9(13)11(10(14)15-6)7-2-4-8(12)5-3-7/h2-5,12H,1H2. The Balaban J connectivity index is 2.39. The number of aromatic hydroxyl groups is 1. The number of nitrogens with zero attached hydrogens (tertiary/aromatic N) is 1. The predicted octanol–water partition coefficient (Wildman–Crippen LogP) is 2.27. The number of carbonyl (C=O) groups excluding carboxylic acids is 1. The van der Waals surface area contributed by atoms with Crippen molar-refractivity contribution in [2.45, 2.75) is 0 Å². The Hall–Kier alpha value is -1.33. The van der Waals surface area contributed by atoms with Crippen LogP contribution in [0, 0.1) is 0 Å². The Morgan fingerprint density at radius 1 is 1.33 bits per heavy atom. The van der Waals surface area contributed by atoms with Crippen LogP contribution in [-0.4, -0.2) is 15.3 Å². The highest BCUT2D eigenvalue weighted by Crippen LogP contribution is 2.33. The SMILES string of the molecule is C=C1SC(=S)N(c2ccc(O)cc2)C1=O. The summed E-state index contributed by atoms with van der Waals surface area (Å²) in [6, 6.07) is 6.30. The summed E-state index contributed by atoms with van der Waals surface area (Å²) >= 11 is 6.24. The van der Waals surface area contributed by atoms with Crippen molar-refractivity contribution in [2.24, 2.45) is 0 Å². The number of benzene rings is 1. The molecule has 1 aliphatic heterocycles. The molecule has 0 aliphatic carbocycles. The van der Waals surface area contributed by atoms with Gasteiger partial charge in [0, 0.05) is 0 Å². The van der Waals surface area contributed by atoms with Crippen LogP contribution < -0.4 is 4.90 Å². The molecule has 1 amide bonds. The number of thioether (sulfide) groups is 1. The number of carbonyl (C=O) groups is 1. The van der Waals surface area contributed by atoms with Crippen LogP contribution in [-0.2, 0) is 4.79 Å². The predicted molar refractivity (Wildman–Crippen MR) is 64.9 cm³/mol. The zero-order valence-corrected chi connectivity index (χ0v) is 9.27. The highest BCUT2D eigenvalue weighted by Gasteiger charge is 2.31. The van der Waals surface area contributed by atoms with Gasteiger partial charge in [-0.15, -0.1) is 0 Å². The summed E-state index contributed by atoms with van der Waals surface area (Å²) in [5, 5.41) is 9.12. The number of phenols is 1. The minimum Gasteiger partial charge on any atom is -0.508 e. The van der Waals surface area contributed by atoms with Crippen molar-refractivity contribution in [2.75, 3.05) is 4.90 Å². The highest BCUT2D eigenvalue weighted by atomic mass is 32.2. The summed E-state index contributed by atoms with van der Waals surface area (Å²) in [5.41, 5.74) is 0.647. The van der Waals surface area contributed by atoms with Crippen molar-refractivity contribution in [3.63, 3.8) is 0 Å². The lowest BCUT2D eigenvalue weighted by Gasteiger charge is -2.14. The van der Waals surface area contributed by atoms with Gasteiger partial charge in [0.25, 0.3) is 5.91 Å². The number of thiocarbonyl (C=S) groups is 1. The van der Waals surface area contributed by atoms with Crippen LogP contribution in [0.25, 0.3) is 0 Å². The fourth-order valence-corrected chi connectivity index (χ4v) is 2.39. The van der Waals surface area contributed by atoms with Crippen LogP contribution in [0.5, 0.6) is 5.75 Å². The van der Waals surface area contributed by atoms with Gasteiger partial charge in [-0.3, -0.25) is 9.69 Å². The first-order valence-corrected chi connectivity index (χ1v) is 5.36. The van der Waals surface area contributed by atoms with Gasteiger partial charge < -0.3 is 5.11 Å². The highest BCUT2D eigenvalue weighted by molar-refractivity contribution is 8.27. The Kier molecular flexibility index (Phi) is 2.50. The second-order valence-electron chi connectivity index (χ2n) is 2.95. The number of amides is 1. The normalized spacial score (nSPS) is 16.3. The molecule has 0 radical (unpaired) electrons. The summed E-state index contributed by atoms with van der Waals surface area (Å²) in [6.45, 7) is 3.61. The lowest BCUT2D eigenvalue weighted by Crippen LogP contribution is -2.27. The Bertz CT molecular complexity index is 453. The molecule has 0 saturated carbocycles. The fraction of sp³-hybridized carbons (Fsp3) is 0. The van der Waals surface area contributed by atoms with Crippen LogP contribution in [0.2, 0.25) is 0 Å². The summed E-state index contributed by atoms with van der Waals surface area (Å²) < 4.78 is 0.468. The second kappa shape index (κ2) is 3.67. The Morgan fingerprint density at radius 2 is 1.93 bits per heavy atom. The third-order valence-corrected chi connectivity index (χ3v) is 3.15. The molecule has 2 rings (SSSR count). The smallest absolute Gasteiger partial charge is 0.270 e. The average molecular weight is 237 g/mol. The molecule has 15 heavy (non-hydrogen) atoms.